The van der Waals surface area contributed by atoms with Gasteiger partial charge in [0.05, 0.1) is 17.7 Å². The van der Waals surface area contributed by atoms with Gasteiger partial charge in [-0.15, -0.1) is 0 Å². The zero-order valence-corrected chi connectivity index (χ0v) is 14.1. The summed E-state index contributed by atoms with van der Waals surface area (Å²) in [5.41, 5.74) is -3.88. The Morgan fingerprint density at radius 2 is 1.68 bits per heavy atom. The predicted molar refractivity (Wildman–Crippen MR) is 84.4 cm³/mol. The molecular weight excluding hydrogens is 392 g/mol. The Kier molecular flexibility index (Phi) is 5.87. The van der Waals surface area contributed by atoms with E-state index in [-0.39, 0.29) is 24.2 Å². The molecule has 0 spiro atoms. The van der Waals surface area contributed by atoms with Gasteiger partial charge in [0, 0.05) is 11.6 Å². The van der Waals surface area contributed by atoms with Crippen LogP contribution < -0.4 is 0 Å². The van der Waals surface area contributed by atoms with Crippen molar-refractivity contribution in [1.29, 1.82) is 5.26 Å². The molecule has 0 aliphatic rings. The second-order valence-corrected chi connectivity index (χ2v) is 5.39. The molecule has 2 aromatic rings. The molecule has 0 saturated heterocycles. The normalized spacial score (nSPS) is 12.6. The first kappa shape index (κ1) is 21.1. The van der Waals surface area contributed by atoms with E-state index in [1.54, 1.807) is 6.07 Å². The zero-order chi connectivity index (χ0) is 21.1. The lowest BCUT2D eigenvalue weighted by atomic mass is 10.0. The van der Waals surface area contributed by atoms with Crippen molar-refractivity contribution in [3.8, 4) is 17.4 Å². The summed E-state index contributed by atoms with van der Waals surface area (Å²) in [7, 11) is 0. The van der Waals surface area contributed by atoms with Gasteiger partial charge in [-0.1, -0.05) is 0 Å². The molecule has 28 heavy (non-hydrogen) atoms. The SMILES string of the molecule is CCOC(=O)C(C#N)=Cc1ccc(-c2cc(C(F)(F)F)cc(C(F)(F)F)c2)o1. The smallest absolute Gasteiger partial charge is 0.416 e. The molecule has 4 nitrogen and oxygen atoms in total. The molecule has 1 aromatic carbocycles. The summed E-state index contributed by atoms with van der Waals surface area (Å²) in [6.07, 6.45) is -9.02. The van der Waals surface area contributed by atoms with Gasteiger partial charge in [0.15, 0.2) is 0 Å². The average molecular weight is 403 g/mol. The largest absolute Gasteiger partial charge is 0.462 e. The van der Waals surface area contributed by atoms with E-state index in [1.807, 2.05) is 0 Å². The van der Waals surface area contributed by atoms with Gasteiger partial charge in [0.2, 0.25) is 0 Å². The van der Waals surface area contributed by atoms with Gasteiger partial charge in [-0.2, -0.15) is 31.6 Å². The summed E-state index contributed by atoms with van der Waals surface area (Å²) >= 11 is 0. The van der Waals surface area contributed by atoms with Crippen LogP contribution in [0.15, 0.2) is 40.3 Å². The Hall–Kier alpha value is -3.22. The monoisotopic (exact) mass is 403 g/mol. The van der Waals surface area contributed by atoms with Gasteiger partial charge in [0.1, 0.15) is 23.2 Å². The maximum atomic E-state index is 12.9. The van der Waals surface area contributed by atoms with E-state index in [4.69, 9.17) is 9.68 Å². The molecule has 0 saturated carbocycles. The Labute approximate surface area is 154 Å². The van der Waals surface area contributed by atoms with Crippen LogP contribution in [0.5, 0.6) is 0 Å². The van der Waals surface area contributed by atoms with Crippen LogP contribution in [0.1, 0.15) is 23.8 Å². The first-order valence-electron chi connectivity index (χ1n) is 7.64. The number of halogens is 6. The minimum absolute atomic E-state index is 0.00178. The molecule has 0 unspecified atom stereocenters. The van der Waals surface area contributed by atoms with Crippen molar-refractivity contribution >= 4 is 12.0 Å². The van der Waals surface area contributed by atoms with Gasteiger partial charge in [-0.3, -0.25) is 0 Å². The molecule has 0 bridgehead atoms. The highest BCUT2D eigenvalue weighted by atomic mass is 19.4. The van der Waals surface area contributed by atoms with Crippen LogP contribution in [0.4, 0.5) is 26.3 Å². The zero-order valence-electron chi connectivity index (χ0n) is 14.1. The number of esters is 1. The lowest BCUT2D eigenvalue weighted by Crippen LogP contribution is -2.11. The van der Waals surface area contributed by atoms with Crippen LogP contribution in [-0.2, 0) is 21.9 Å². The number of carbonyl (C=O) groups excluding carboxylic acids is 1. The minimum Gasteiger partial charge on any atom is -0.462 e. The number of ether oxygens (including phenoxy) is 1. The highest BCUT2D eigenvalue weighted by molar-refractivity contribution is 5.97. The average Bonchev–Trinajstić information content (AvgIpc) is 3.06. The number of alkyl halides is 6. The summed E-state index contributed by atoms with van der Waals surface area (Å²) in [4.78, 5) is 11.6. The van der Waals surface area contributed by atoms with E-state index < -0.39 is 40.6 Å². The van der Waals surface area contributed by atoms with Crippen LogP contribution in [-0.4, -0.2) is 12.6 Å². The lowest BCUT2D eigenvalue weighted by Gasteiger charge is -2.13. The number of nitriles is 1. The molecule has 2 rings (SSSR count). The summed E-state index contributed by atoms with van der Waals surface area (Å²) in [6.45, 7) is 1.52. The summed E-state index contributed by atoms with van der Waals surface area (Å²) < 4.78 is 87.5. The maximum Gasteiger partial charge on any atom is 0.416 e. The molecular formula is C18H11F6NO3. The number of hydrogen-bond donors (Lipinski definition) is 0. The number of benzene rings is 1. The highest BCUT2D eigenvalue weighted by Gasteiger charge is 2.37. The number of rotatable bonds is 4. The fourth-order valence-corrected chi connectivity index (χ4v) is 2.17. The van der Waals surface area contributed by atoms with E-state index in [2.05, 4.69) is 4.74 Å². The van der Waals surface area contributed by atoms with E-state index in [1.165, 1.54) is 13.0 Å². The second-order valence-electron chi connectivity index (χ2n) is 5.39. The first-order chi connectivity index (χ1) is 13.0. The molecule has 0 radical (unpaired) electrons. The number of furan rings is 1. The van der Waals surface area contributed by atoms with Crippen LogP contribution in [0.3, 0.4) is 0 Å². The van der Waals surface area contributed by atoms with Gasteiger partial charge in [-0.05, 0) is 37.3 Å². The predicted octanol–water partition coefficient (Wildman–Crippen LogP) is 5.45. The Bertz CT molecular complexity index is 915. The molecule has 10 heteroatoms. The van der Waals surface area contributed by atoms with Gasteiger partial charge < -0.3 is 9.15 Å². The van der Waals surface area contributed by atoms with Crippen molar-refractivity contribution in [2.45, 2.75) is 19.3 Å². The third-order valence-corrected chi connectivity index (χ3v) is 3.40. The van der Waals surface area contributed by atoms with E-state index >= 15 is 0 Å². The van der Waals surface area contributed by atoms with Crippen LogP contribution in [0.25, 0.3) is 17.4 Å². The van der Waals surface area contributed by atoms with Crippen LogP contribution in [0, 0.1) is 11.3 Å². The van der Waals surface area contributed by atoms with E-state index in [0.29, 0.717) is 12.1 Å². The van der Waals surface area contributed by atoms with Crippen LogP contribution >= 0.6 is 0 Å². The summed E-state index contributed by atoms with van der Waals surface area (Å²) in [6, 6.07) is 4.92. The van der Waals surface area contributed by atoms with Gasteiger partial charge >= 0.3 is 18.3 Å². The third kappa shape index (κ3) is 4.94. The van der Waals surface area contributed by atoms with Gasteiger partial charge in [0.25, 0.3) is 0 Å². The molecule has 0 N–H and O–H groups in total. The van der Waals surface area contributed by atoms with Gasteiger partial charge in [-0.25, -0.2) is 4.79 Å². The minimum atomic E-state index is -5.00. The summed E-state index contributed by atoms with van der Waals surface area (Å²) in [5, 5.41) is 8.95. The molecule has 0 fully saturated rings. The molecule has 1 heterocycles. The fourth-order valence-electron chi connectivity index (χ4n) is 2.17. The fraction of sp³-hybridized carbons (Fsp3) is 0.222. The topological polar surface area (TPSA) is 63.2 Å². The third-order valence-electron chi connectivity index (χ3n) is 3.40. The summed E-state index contributed by atoms with van der Waals surface area (Å²) in [5.74, 6) is -1.36. The van der Waals surface area contributed by atoms with Crippen molar-refractivity contribution in [1.82, 2.24) is 0 Å². The van der Waals surface area contributed by atoms with Crippen molar-refractivity contribution in [3.05, 3.63) is 52.8 Å². The lowest BCUT2D eigenvalue weighted by molar-refractivity contribution is -0.143. The Balaban J connectivity index is 2.50. The molecule has 0 aliphatic heterocycles. The quantitative estimate of drug-likeness (QED) is 0.295. The maximum absolute atomic E-state index is 12.9. The van der Waals surface area contributed by atoms with Crippen LogP contribution in [0.2, 0.25) is 0 Å². The number of nitrogens with zero attached hydrogens (tertiary/aromatic N) is 1. The van der Waals surface area contributed by atoms with Crippen molar-refractivity contribution in [2.75, 3.05) is 6.61 Å². The van der Waals surface area contributed by atoms with Crippen molar-refractivity contribution in [2.24, 2.45) is 0 Å². The van der Waals surface area contributed by atoms with E-state index in [9.17, 15) is 31.1 Å². The molecule has 148 valence electrons. The molecule has 0 amide bonds. The molecule has 1 aromatic heterocycles. The number of carbonyl (C=O) groups is 1. The van der Waals surface area contributed by atoms with Crippen molar-refractivity contribution in [3.63, 3.8) is 0 Å². The molecule has 0 aliphatic carbocycles. The molecule has 0 atom stereocenters. The standard InChI is InChI=1S/C18H11F6NO3/c1-2-27-16(26)11(9-25)7-14-3-4-15(28-14)10-5-12(17(19,20)21)8-13(6-10)18(22,23)24/h3-8H,2H2,1H3. The van der Waals surface area contributed by atoms with Crippen molar-refractivity contribution < 1.29 is 40.3 Å². The highest BCUT2D eigenvalue weighted by Crippen LogP contribution is 2.39. The van der Waals surface area contributed by atoms with E-state index in [0.717, 1.165) is 12.1 Å². The Morgan fingerprint density at radius 3 is 2.14 bits per heavy atom. The number of hydrogen-bond acceptors (Lipinski definition) is 4. The first-order valence-corrected chi connectivity index (χ1v) is 7.64. The Morgan fingerprint density at radius 1 is 1.11 bits per heavy atom. The second kappa shape index (κ2) is 7.80.